The molecule has 3 aromatic heterocycles. The Hall–Kier alpha value is -2.57. The fourth-order valence-corrected chi connectivity index (χ4v) is 5.93. The number of rotatable bonds is 8. The number of fused-ring (bicyclic) bond motifs is 5. The lowest BCUT2D eigenvalue weighted by Gasteiger charge is -2.15. The largest absolute Gasteiger partial charge is 0.369 e. The molecule has 1 aromatic carbocycles. The third kappa shape index (κ3) is 3.79. The zero-order valence-electron chi connectivity index (χ0n) is 18.4. The maximum absolute atomic E-state index is 5.16. The summed E-state index contributed by atoms with van der Waals surface area (Å²) in [5, 5.41) is 4.84. The number of hydrogen-bond donors (Lipinski definition) is 2. The van der Waals surface area contributed by atoms with E-state index in [1.54, 1.807) is 22.6 Å². The first-order valence-electron chi connectivity index (χ1n) is 11.5. The number of aryl methyl sites for hydroxylation is 1. The molecule has 3 heterocycles. The monoisotopic (exact) mass is 432 g/mol. The second-order valence-corrected chi connectivity index (χ2v) is 9.31. The standard InChI is InChI=1S/C25H29N5S/c1-3-30(4-2)15-9-14-26-24-23-22(27-16-28-24)20-18-12-8-13-19(18)21(29-25(20)31-23)17-10-6-5-7-11-17/h5-7,10-11,16H,3-4,8-9,12-15H2,1-2H3,(H,26,27,28)/p+1. The molecule has 0 amide bonds. The number of benzene rings is 1. The molecule has 5 rings (SSSR count). The van der Waals surface area contributed by atoms with Crippen molar-refractivity contribution in [3.8, 4) is 11.3 Å². The first-order valence-corrected chi connectivity index (χ1v) is 12.3. The Labute approximate surface area is 187 Å². The molecule has 0 spiro atoms. The molecule has 4 aromatic rings. The molecule has 0 atom stereocenters. The van der Waals surface area contributed by atoms with Gasteiger partial charge in [0.15, 0.2) is 0 Å². The lowest BCUT2D eigenvalue weighted by atomic mass is 10.0. The molecule has 1 aliphatic rings. The third-order valence-corrected chi connectivity index (χ3v) is 7.60. The molecular formula is C25H30N5S+. The molecule has 160 valence electrons. The highest BCUT2D eigenvalue weighted by Crippen LogP contribution is 2.43. The summed E-state index contributed by atoms with van der Waals surface area (Å²) in [5.74, 6) is 0.954. The van der Waals surface area contributed by atoms with E-state index in [0.29, 0.717) is 0 Å². The van der Waals surface area contributed by atoms with Crippen LogP contribution in [0, 0.1) is 0 Å². The van der Waals surface area contributed by atoms with E-state index in [2.05, 4.69) is 54.5 Å². The van der Waals surface area contributed by atoms with Gasteiger partial charge in [0.2, 0.25) is 0 Å². The summed E-state index contributed by atoms with van der Waals surface area (Å²) >= 11 is 1.73. The topological polar surface area (TPSA) is 55.1 Å². The maximum Gasteiger partial charge on any atom is 0.147 e. The second-order valence-electron chi connectivity index (χ2n) is 8.31. The van der Waals surface area contributed by atoms with E-state index in [1.807, 2.05) is 0 Å². The highest BCUT2D eigenvalue weighted by Gasteiger charge is 2.24. The molecule has 0 radical (unpaired) electrons. The number of quaternary nitrogens is 1. The highest BCUT2D eigenvalue weighted by atomic mass is 32.1. The number of aromatic nitrogens is 3. The summed E-state index contributed by atoms with van der Waals surface area (Å²) in [6, 6.07) is 10.6. The fourth-order valence-electron chi connectivity index (χ4n) is 4.81. The average molecular weight is 433 g/mol. The number of thiophene rings is 1. The molecule has 5 nitrogen and oxygen atoms in total. The van der Waals surface area contributed by atoms with Crippen LogP contribution in [0.25, 0.3) is 31.7 Å². The number of hydrogen-bond acceptors (Lipinski definition) is 5. The van der Waals surface area contributed by atoms with Gasteiger partial charge in [-0.2, -0.15) is 0 Å². The zero-order valence-corrected chi connectivity index (χ0v) is 19.2. The molecule has 0 saturated heterocycles. The number of pyridine rings is 1. The summed E-state index contributed by atoms with van der Waals surface area (Å²) in [7, 11) is 0. The van der Waals surface area contributed by atoms with Crippen molar-refractivity contribution in [1.82, 2.24) is 15.0 Å². The normalized spacial score (nSPS) is 13.4. The minimum absolute atomic E-state index is 0.935. The van der Waals surface area contributed by atoms with Crippen molar-refractivity contribution in [3.05, 3.63) is 47.8 Å². The first-order chi connectivity index (χ1) is 15.3. The van der Waals surface area contributed by atoms with E-state index < -0.39 is 0 Å². The Balaban J connectivity index is 1.52. The predicted molar refractivity (Wildman–Crippen MR) is 130 cm³/mol. The Morgan fingerprint density at radius 3 is 2.65 bits per heavy atom. The Morgan fingerprint density at radius 1 is 1.03 bits per heavy atom. The van der Waals surface area contributed by atoms with E-state index in [4.69, 9.17) is 9.97 Å². The van der Waals surface area contributed by atoms with Crippen molar-refractivity contribution in [2.24, 2.45) is 0 Å². The predicted octanol–water partition coefficient (Wildman–Crippen LogP) is 4.12. The Bertz CT molecular complexity index is 1200. The number of nitrogens with one attached hydrogen (secondary N) is 2. The molecule has 1 aliphatic carbocycles. The summed E-state index contributed by atoms with van der Waals surface area (Å²) in [5.41, 5.74) is 6.29. The van der Waals surface area contributed by atoms with Crippen LogP contribution in [0.2, 0.25) is 0 Å². The fraction of sp³-hybridized carbons (Fsp3) is 0.400. The zero-order chi connectivity index (χ0) is 21.2. The van der Waals surface area contributed by atoms with Gasteiger partial charge in [-0.05, 0) is 44.2 Å². The minimum atomic E-state index is 0.935. The van der Waals surface area contributed by atoms with Crippen LogP contribution in [-0.2, 0) is 12.8 Å². The van der Waals surface area contributed by atoms with Crippen molar-refractivity contribution in [1.29, 1.82) is 0 Å². The van der Waals surface area contributed by atoms with Crippen molar-refractivity contribution < 1.29 is 4.90 Å². The number of nitrogens with zero attached hydrogens (tertiary/aromatic N) is 3. The van der Waals surface area contributed by atoms with Gasteiger partial charge in [0.25, 0.3) is 0 Å². The molecule has 0 aliphatic heterocycles. The van der Waals surface area contributed by atoms with Gasteiger partial charge in [-0.1, -0.05) is 30.3 Å². The van der Waals surface area contributed by atoms with Crippen LogP contribution < -0.4 is 10.2 Å². The van der Waals surface area contributed by atoms with Crippen LogP contribution in [0.4, 0.5) is 5.82 Å². The van der Waals surface area contributed by atoms with Crippen molar-refractivity contribution >= 4 is 37.6 Å². The molecule has 31 heavy (non-hydrogen) atoms. The van der Waals surface area contributed by atoms with E-state index in [-0.39, 0.29) is 0 Å². The van der Waals surface area contributed by atoms with E-state index in [9.17, 15) is 0 Å². The summed E-state index contributed by atoms with van der Waals surface area (Å²) in [4.78, 5) is 17.2. The lowest BCUT2D eigenvalue weighted by molar-refractivity contribution is -0.896. The van der Waals surface area contributed by atoms with Crippen LogP contribution in [0.1, 0.15) is 37.8 Å². The van der Waals surface area contributed by atoms with Gasteiger partial charge >= 0.3 is 0 Å². The average Bonchev–Trinajstić information content (AvgIpc) is 3.44. The van der Waals surface area contributed by atoms with Gasteiger partial charge in [-0.3, -0.25) is 0 Å². The summed E-state index contributed by atoms with van der Waals surface area (Å²) in [6.07, 6.45) is 6.25. The quantitative estimate of drug-likeness (QED) is 0.411. The van der Waals surface area contributed by atoms with Gasteiger partial charge in [0.05, 0.1) is 35.5 Å². The van der Waals surface area contributed by atoms with Crippen molar-refractivity contribution in [3.63, 3.8) is 0 Å². The smallest absolute Gasteiger partial charge is 0.147 e. The molecule has 6 heteroatoms. The minimum Gasteiger partial charge on any atom is -0.369 e. The molecule has 2 N–H and O–H groups in total. The molecule has 0 unspecified atom stereocenters. The SMILES string of the molecule is CC[NH+](CC)CCCNc1ncnc2c1sc1nc(-c3ccccc3)c3c(c12)CCC3. The van der Waals surface area contributed by atoms with E-state index in [1.165, 1.54) is 48.1 Å². The first kappa shape index (κ1) is 20.3. The molecular weight excluding hydrogens is 402 g/mol. The molecule has 0 fully saturated rings. The van der Waals surface area contributed by atoms with Crippen LogP contribution in [0.15, 0.2) is 36.7 Å². The van der Waals surface area contributed by atoms with E-state index in [0.717, 1.165) is 52.4 Å². The molecule has 0 saturated carbocycles. The van der Waals surface area contributed by atoms with Gasteiger partial charge in [0, 0.05) is 23.9 Å². The van der Waals surface area contributed by atoms with Crippen LogP contribution in [0.3, 0.4) is 0 Å². The van der Waals surface area contributed by atoms with Crippen LogP contribution in [0.5, 0.6) is 0 Å². The number of anilines is 1. The summed E-state index contributed by atoms with van der Waals surface area (Å²) < 4.78 is 1.14. The Morgan fingerprint density at radius 2 is 1.84 bits per heavy atom. The van der Waals surface area contributed by atoms with Crippen LogP contribution >= 0.6 is 11.3 Å². The van der Waals surface area contributed by atoms with Gasteiger partial charge in [-0.15, -0.1) is 11.3 Å². The molecule has 0 bridgehead atoms. The third-order valence-electron chi connectivity index (χ3n) is 6.52. The van der Waals surface area contributed by atoms with Gasteiger partial charge in [-0.25, -0.2) is 15.0 Å². The maximum atomic E-state index is 5.16. The second kappa shape index (κ2) is 8.89. The van der Waals surface area contributed by atoms with Crippen LogP contribution in [-0.4, -0.2) is 41.1 Å². The van der Waals surface area contributed by atoms with Gasteiger partial charge < -0.3 is 10.2 Å². The highest BCUT2D eigenvalue weighted by molar-refractivity contribution is 7.26. The Kier molecular flexibility index (Phi) is 5.83. The van der Waals surface area contributed by atoms with Crippen molar-refractivity contribution in [2.45, 2.75) is 39.5 Å². The van der Waals surface area contributed by atoms with Crippen molar-refractivity contribution in [2.75, 3.05) is 31.5 Å². The summed E-state index contributed by atoms with van der Waals surface area (Å²) in [6.45, 7) is 9.01. The van der Waals surface area contributed by atoms with Gasteiger partial charge in [0.1, 0.15) is 17.0 Å². The van der Waals surface area contributed by atoms with E-state index >= 15 is 0 Å². The lowest BCUT2D eigenvalue weighted by Crippen LogP contribution is -3.11.